The van der Waals surface area contributed by atoms with Gasteiger partial charge in [0.1, 0.15) is 5.01 Å². The molecule has 0 fully saturated rings. The average molecular weight is 348 g/mol. The van der Waals surface area contributed by atoms with Crippen molar-refractivity contribution < 1.29 is 4.92 Å². The molecule has 23 heavy (non-hydrogen) atoms. The first kappa shape index (κ1) is 15.4. The number of hydrogen-bond donors (Lipinski definition) is 0. The molecule has 2 aromatic heterocycles. The fourth-order valence-corrected chi connectivity index (χ4v) is 3.19. The van der Waals surface area contributed by atoms with Crippen molar-refractivity contribution in [1.82, 2.24) is 9.55 Å². The summed E-state index contributed by atoms with van der Waals surface area (Å²) in [6, 6.07) is 9.72. The molecule has 6 nitrogen and oxygen atoms in total. The minimum atomic E-state index is -0.536. The molecule has 0 aliphatic heterocycles. The van der Waals surface area contributed by atoms with Crippen LogP contribution in [0, 0.1) is 10.1 Å². The largest absolute Gasteiger partial charge is 0.303 e. The molecule has 0 spiro atoms. The van der Waals surface area contributed by atoms with E-state index in [0.717, 1.165) is 10.6 Å². The summed E-state index contributed by atoms with van der Waals surface area (Å²) in [4.78, 5) is 26.6. The number of rotatable bonds is 4. The molecule has 0 aliphatic rings. The van der Waals surface area contributed by atoms with Crippen molar-refractivity contribution in [3.8, 4) is 10.6 Å². The molecule has 2 heterocycles. The zero-order valence-electron chi connectivity index (χ0n) is 11.7. The lowest BCUT2D eigenvalue weighted by molar-refractivity contribution is -0.385. The highest BCUT2D eigenvalue weighted by Gasteiger charge is 2.11. The van der Waals surface area contributed by atoms with Crippen LogP contribution in [0.15, 0.2) is 52.8 Å². The van der Waals surface area contributed by atoms with E-state index in [0.29, 0.717) is 10.7 Å². The van der Waals surface area contributed by atoms with Crippen LogP contribution in [-0.4, -0.2) is 14.5 Å². The highest BCUT2D eigenvalue weighted by molar-refractivity contribution is 7.13. The molecule has 3 rings (SSSR count). The zero-order valence-corrected chi connectivity index (χ0v) is 13.3. The highest BCUT2D eigenvalue weighted by Crippen LogP contribution is 2.30. The molecule has 0 unspecified atom stereocenters. The Morgan fingerprint density at radius 2 is 2.04 bits per heavy atom. The van der Waals surface area contributed by atoms with E-state index in [1.807, 2.05) is 23.6 Å². The molecule has 0 amide bonds. The number of hydrogen-bond acceptors (Lipinski definition) is 5. The van der Waals surface area contributed by atoms with Crippen molar-refractivity contribution in [1.29, 1.82) is 0 Å². The summed E-state index contributed by atoms with van der Waals surface area (Å²) in [5, 5.41) is 14.0. The topological polar surface area (TPSA) is 78.0 Å². The summed E-state index contributed by atoms with van der Waals surface area (Å²) < 4.78 is 1.27. The van der Waals surface area contributed by atoms with E-state index in [1.165, 1.54) is 34.2 Å². The second kappa shape index (κ2) is 6.31. The van der Waals surface area contributed by atoms with E-state index >= 15 is 0 Å². The Kier molecular flexibility index (Phi) is 4.22. The third kappa shape index (κ3) is 3.30. The minimum absolute atomic E-state index is 0.133. The second-order valence-electron chi connectivity index (χ2n) is 4.73. The van der Waals surface area contributed by atoms with Gasteiger partial charge in [-0.1, -0.05) is 29.8 Å². The molecule has 116 valence electrons. The number of nitrogens with zero attached hydrogens (tertiary/aromatic N) is 3. The molecule has 3 aromatic rings. The zero-order chi connectivity index (χ0) is 16.4. The summed E-state index contributed by atoms with van der Waals surface area (Å²) in [5.41, 5.74) is 1.01. The number of aromatic nitrogens is 2. The monoisotopic (exact) mass is 347 g/mol. The van der Waals surface area contributed by atoms with E-state index in [4.69, 9.17) is 11.6 Å². The number of thiazole rings is 1. The van der Waals surface area contributed by atoms with Crippen molar-refractivity contribution in [2.45, 2.75) is 6.54 Å². The minimum Gasteiger partial charge on any atom is -0.303 e. The van der Waals surface area contributed by atoms with Gasteiger partial charge in [0.25, 0.3) is 11.2 Å². The van der Waals surface area contributed by atoms with Crippen molar-refractivity contribution >= 4 is 28.6 Å². The molecular weight excluding hydrogens is 338 g/mol. The van der Waals surface area contributed by atoms with Gasteiger partial charge in [0.05, 0.1) is 28.4 Å². The van der Waals surface area contributed by atoms with Gasteiger partial charge >= 0.3 is 0 Å². The van der Waals surface area contributed by atoms with E-state index < -0.39 is 4.92 Å². The lowest BCUT2D eigenvalue weighted by Crippen LogP contribution is -2.19. The normalized spacial score (nSPS) is 10.7. The SMILES string of the molecule is O=c1ccc([N+](=O)[O-])cn1Cc1csc(-c2ccccc2Cl)n1. The number of halogens is 1. The van der Waals surface area contributed by atoms with Gasteiger partial charge in [-0.2, -0.15) is 0 Å². The third-order valence-electron chi connectivity index (χ3n) is 3.17. The maximum absolute atomic E-state index is 11.8. The lowest BCUT2D eigenvalue weighted by Gasteiger charge is -2.02. The Labute approximate surface area is 139 Å². The Morgan fingerprint density at radius 3 is 2.78 bits per heavy atom. The predicted octanol–water partition coefficient (Wildman–Crippen LogP) is 3.58. The van der Waals surface area contributed by atoms with Crippen LogP contribution in [0.5, 0.6) is 0 Å². The van der Waals surface area contributed by atoms with Gasteiger partial charge in [0.2, 0.25) is 0 Å². The van der Waals surface area contributed by atoms with Gasteiger partial charge in [-0.25, -0.2) is 4.98 Å². The van der Waals surface area contributed by atoms with Crippen LogP contribution in [0.25, 0.3) is 10.6 Å². The van der Waals surface area contributed by atoms with Gasteiger partial charge in [0, 0.05) is 23.1 Å². The van der Waals surface area contributed by atoms with Crippen molar-refractivity contribution in [3.05, 3.63) is 79.2 Å². The van der Waals surface area contributed by atoms with Crippen LogP contribution in [0.3, 0.4) is 0 Å². The smallest absolute Gasteiger partial charge is 0.285 e. The summed E-state index contributed by atoms with van der Waals surface area (Å²) in [5.74, 6) is 0. The van der Waals surface area contributed by atoms with Crippen molar-refractivity contribution in [2.75, 3.05) is 0 Å². The van der Waals surface area contributed by atoms with Crippen LogP contribution >= 0.6 is 22.9 Å². The van der Waals surface area contributed by atoms with Crippen LogP contribution < -0.4 is 5.56 Å². The van der Waals surface area contributed by atoms with Crippen LogP contribution in [-0.2, 0) is 6.54 Å². The Bertz CT molecular complexity index is 935. The summed E-state index contributed by atoms with van der Waals surface area (Å²) in [6.07, 6.45) is 1.22. The van der Waals surface area contributed by atoms with Crippen LogP contribution in [0.1, 0.15) is 5.69 Å². The standard InChI is InChI=1S/C15H10ClN3O3S/c16-13-4-2-1-3-12(13)15-17-10(9-23-15)7-18-8-11(19(21)22)5-6-14(18)20/h1-6,8-9H,7H2. The van der Waals surface area contributed by atoms with Crippen molar-refractivity contribution in [3.63, 3.8) is 0 Å². The average Bonchev–Trinajstić information content (AvgIpc) is 2.98. The van der Waals surface area contributed by atoms with E-state index in [9.17, 15) is 14.9 Å². The molecule has 1 aromatic carbocycles. The Hall–Kier alpha value is -2.51. The fourth-order valence-electron chi connectivity index (χ4n) is 2.06. The molecular formula is C15H10ClN3O3S. The molecule has 0 saturated carbocycles. The van der Waals surface area contributed by atoms with Crippen LogP contribution in [0.4, 0.5) is 5.69 Å². The van der Waals surface area contributed by atoms with Gasteiger partial charge < -0.3 is 4.57 Å². The molecule has 0 N–H and O–H groups in total. The molecule has 0 radical (unpaired) electrons. The highest BCUT2D eigenvalue weighted by atomic mass is 35.5. The Morgan fingerprint density at radius 1 is 1.26 bits per heavy atom. The maximum atomic E-state index is 11.8. The number of benzene rings is 1. The number of nitro groups is 1. The van der Waals surface area contributed by atoms with E-state index in [-0.39, 0.29) is 17.8 Å². The molecule has 8 heteroatoms. The summed E-state index contributed by atoms with van der Waals surface area (Å²) in [7, 11) is 0. The summed E-state index contributed by atoms with van der Waals surface area (Å²) in [6.45, 7) is 0.168. The molecule has 0 bridgehead atoms. The third-order valence-corrected chi connectivity index (χ3v) is 4.42. The van der Waals surface area contributed by atoms with Crippen molar-refractivity contribution in [2.24, 2.45) is 0 Å². The quantitative estimate of drug-likeness (QED) is 0.533. The first-order valence-electron chi connectivity index (χ1n) is 6.59. The Balaban J connectivity index is 1.91. The van der Waals surface area contributed by atoms with E-state index in [2.05, 4.69) is 4.98 Å². The predicted molar refractivity (Wildman–Crippen MR) is 89.0 cm³/mol. The van der Waals surface area contributed by atoms with Gasteiger partial charge in [0.15, 0.2) is 0 Å². The molecule has 0 saturated heterocycles. The first-order valence-corrected chi connectivity index (χ1v) is 7.84. The molecule has 0 aliphatic carbocycles. The fraction of sp³-hybridized carbons (Fsp3) is 0.0667. The second-order valence-corrected chi connectivity index (χ2v) is 6.00. The van der Waals surface area contributed by atoms with Gasteiger partial charge in [-0.05, 0) is 6.07 Å². The molecule has 0 atom stereocenters. The number of pyridine rings is 1. The summed E-state index contributed by atoms with van der Waals surface area (Å²) >= 11 is 7.55. The first-order chi connectivity index (χ1) is 11.0. The maximum Gasteiger partial charge on any atom is 0.285 e. The van der Waals surface area contributed by atoms with Gasteiger partial charge in [-0.3, -0.25) is 14.9 Å². The van der Waals surface area contributed by atoms with E-state index in [1.54, 1.807) is 6.07 Å². The van der Waals surface area contributed by atoms with Crippen LogP contribution in [0.2, 0.25) is 5.02 Å². The van der Waals surface area contributed by atoms with Gasteiger partial charge in [-0.15, -0.1) is 11.3 Å². The lowest BCUT2D eigenvalue weighted by atomic mass is 10.2.